The molecule has 3 heterocycles. The highest BCUT2D eigenvalue weighted by Gasteiger charge is 2.16. The van der Waals surface area contributed by atoms with Gasteiger partial charge < -0.3 is 10.6 Å². The number of carbonyl (C=O) groups is 1. The number of aromatic nitrogens is 5. The number of nitrogens with one attached hydrogen (secondary N) is 2. The molecule has 0 saturated heterocycles. The molecule has 4 rings (SSSR count). The van der Waals surface area contributed by atoms with Gasteiger partial charge in [0.05, 0.1) is 11.7 Å². The summed E-state index contributed by atoms with van der Waals surface area (Å²) in [4.78, 5) is 25.8. The Labute approximate surface area is 185 Å². The molecule has 1 amide bonds. The maximum absolute atomic E-state index is 12.6. The van der Waals surface area contributed by atoms with Crippen molar-refractivity contribution in [1.82, 2.24) is 24.7 Å². The lowest BCUT2D eigenvalue weighted by Crippen LogP contribution is -2.17. The lowest BCUT2D eigenvalue weighted by atomic mass is 10.2. The van der Waals surface area contributed by atoms with Gasteiger partial charge >= 0.3 is 0 Å². The standard InChI is InChI=1S/C23H22N8O/c1-15-12-16(2)28-23(27-15)25-11-5-8-21(32)30-22-18(13-24)14-26-31(22)20-10-9-17-6-3-4-7-19(17)29-20/h3-4,6-7,9-10,12,14H,5,8,11H2,1-2H3,(H,30,32)(H,25,27,28). The topological polar surface area (TPSA) is 121 Å². The number of nitrogens with zero attached hydrogens (tertiary/aromatic N) is 6. The number of amides is 1. The molecule has 0 radical (unpaired) electrons. The van der Waals surface area contributed by atoms with E-state index in [9.17, 15) is 10.1 Å². The number of benzene rings is 1. The van der Waals surface area contributed by atoms with Crippen molar-refractivity contribution in [3.05, 3.63) is 65.6 Å². The van der Waals surface area contributed by atoms with Crippen molar-refractivity contribution in [2.45, 2.75) is 26.7 Å². The number of nitriles is 1. The zero-order valence-corrected chi connectivity index (χ0v) is 17.8. The molecule has 3 aromatic heterocycles. The molecule has 0 bridgehead atoms. The minimum Gasteiger partial charge on any atom is -0.354 e. The van der Waals surface area contributed by atoms with Gasteiger partial charge in [0.2, 0.25) is 11.9 Å². The zero-order chi connectivity index (χ0) is 22.5. The van der Waals surface area contributed by atoms with E-state index >= 15 is 0 Å². The maximum Gasteiger partial charge on any atom is 0.225 e. The largest absolute Gasteiger partial charge is 0.354 e. The normalized spacial score (nSPS) is 10.7. The SMILES string of the molecule is Cc1cc(C)nc(NCCCC(=O)Nc2c(C#N)cnn2-c2ccc3ccccc3n2)n1. The first-order valence-corrected chi connectivity index (χ1v) is 10.2. The van der Waals surface area contributed by atoms with Crippen molar-refractivity contribution in [1.29, 1.82) is 5.26 Å². The monoisotopic (exact) mass is 426 g/mol. The van der Waals surface area contributed by atoms with Crippen LogP contribution in [0.2, 0.25) is 0 Å². The predicted molar refractivity (Wildman–Crippen MR) is 121 cm³/mol. The molecular weight excluding hydrogens is 404 g/mol. The molecule has 0 saturated carbocycles. The number of aryl methyl sites for hydroxylation is 2. The van der Waals surface area contributed by atoms with Crippen molar-refractivity contribution in [3.8, 4) is 11.9 Å². The highest BCUT2D eigenvalue weighted by Crippen LogP contribution is 2.21. The Kier molecular flexibility index (Phi) is 6.03. The Morgan fingerprint density at radius 1 is 1.09 bits per heavy atom. The molecule has 0 aliphatic rings. The Morgan fingerprint density at radius 2 is 1.88 bits per heavy atom. The lowest BCUT2D eigenvalue weighted by molar-refractivity contribution is -0.116. The van der Waals surface area contributed by atoms with Crippen molar-refractivity contribution in [3.63, 3.8) is 0 Å². The van der Waals surface area contributed by atoms with Crippen LogP contribution in [0.5, 0.6) is 0 Å². The summed E-state index contributed by atoms with van der Waals surface area (Å²) in [5.74, 6) is 1.17. The average Bonchev–Trinajstić information content (AvgIpc) is 3.18. The number of fused-ring (bicyclic) bond motifs is 1. The zero-order valence-electron chi connectivity index (χ0n) is 17.8. The van der Waals surface area contributed by atoms with E-state index in [1.165, 1.54) is 10.9 Å². The van der Waals surface area contributed by atoms with Crippen LogP contribution in [0.1, 0.15) is 29.8 Å². The summed E-state index contributed by atoms with van der Waals surface area (Å²) in [6.45, 7) is 4.37. The number of hydrogen-bond acceptors (Lipinski definition) is 7. The van der Waals surface area contributed by atoms with Crippen molar-refractivity contribution < 1.29 is 4.79 Å². The van der Waals surface area contributed by atoms with Crippen molar-refractivity contribution in [2.24, 2.45) is 0 Å². The third kappa shape index (κ3) is 4.70. The Bertz CT molecular complexity index is 1300. The van der Waals surface area contributed by atoms with E-state index in [4.69, 9.17) is 0 Å². The third-order valence-corrected chi connectivity index (χ3v) is 4.79. The van der Waals surface area contributed by atoms with Gasteiger partial charge in [-0.15, -0.1) is 0 Å². The van der Waals surface area contributed by atoms with E-state index in [0.717, 1.165) is 22.3 Å². The van der Waals surface area contributed by atoms with Crippen LogP contribution in [0.25, 0.3) is 16.7 Å². The smallest absolute Gasteiger partial charge is 0.225 e. The minimum absolute atomic E-state index is 0.216. The lowest BCUT2D eigenvalue weighted by Gasteiger charge is -2.10. The molecule has 9 nitrogen and oxygen atoms in total. The van der Waals surface area contributed by atoms with Gasteiger partial charge in [-0.05, 0) is 44.5 Å². The van der Waals surface area contributed by atoms with E-state index in [1.807, 2.05) is 50.2 Å². The number of carbonyl (C=O) groups excluding carboxylic acids is 1. The van der Waals surface area contributed by atoms with Crippen LogP contribution in [-0.4, -0.2) is 37.2 Å². The van der Waals surface area contributed by atoms with Crippen molar-refractivity contribution in [2.75, 3.05) is 17.2 Å². The number of para-hydroxylation sites is 1. The highest BCUT2D eigenvalue weighted by molar-refractivity contribution is 5.91. The fraction of sp³-hybridized carbons (Fsp3) is 0.217. The molecule has 0 fully saturated rings. The molecule has 0 aliphatic heterocycles. The molecule has 9 heteroatoms. The second kappa shape index (κ2) is 9.22. The summed E-state index contributed by atoms with van der Waals surface area (Å²) >= 11 is 0. The van der Waals surface area contributed by atoms with Gasteiger partial charge in [-0.3, -0.25) is 4.79 Å². The average molecular weight is 426 g/mol. The summed E-state index contributed by atoms with van der Waals surface area (Å²) in [7, 11) is 0. The number of rotatable bonds is 7. The van der Waals surface area contributed by atoms with E-state index in [0.29, 0.717) is 30.5 Å². The second-order valence-corrected chi connectivity index (χ2v) is 7.35. The number of hydrogen-bond donors (Lipinski definition) is 2. The van der Waals surface area contributed by atoms with Crippen LogP contribution in [0, 0.1) is 25.2 Å². The Morgan fingerprint density at radius 3 is 2.66 bits per heavy atom. The first kappa shape index (κ1) is 20.9. The van der Waals surface area contributed by atoms with Gasteiger partial charge in [-0.25, -0.2) is 15.0 Å². The van der Waals surface area contributed by atoms with Crippen molar-refractivity contribution >= 4 is 28.6 Å². The molecule has 0 spiro atoms. The van der Waals surface area contributed by atoms with Gasteiger partial charge in [0, 0.05) is 29.7 Å². The summed E-state index contributed by atoms with van der Waals surface area (Å²) in [5, 5.41) is 20.7. The molecular formula is C23H22N8O. The van der Waals surface area contributed by atoms with E-state index < -0.39 is 0 Å². The quantitative estimate of drug-likeness (QED) is 0.434. The van der Waals surface area contributed by atoms with Gasteiger partial charge in [0.1, 0.15) is 11.6 Å². The molecule has 2 N–H and O–H groups in total. The number of pyridine rings is 1. The Balaban J connectivity index is 1.42. The molecule has 1 aromatic carbocycles. The van der Waals surface area contributed by atoms with Gasteiger partial charge in [0.15, 0.2) is 11.6 Å². The molecule has 0 aliphatic carbocycles. The van der Waals surface area contributed by atoms with Crippen LogP contribution < -0.4 is 10.6 Å². The summed E-state index contributed by atoms with van der Waals surface area (Å²) in [6.07, 6.45) is 2.26. The minimum atomic E-state index is -0.216. The molecule has 0 unspecified atom stereocenters. The van der Waals surface area contributed by atoms with Gasteiger partial charge in [0.25, 0.3) is 0 Å². The predicted octanol–water partition coefficient (Wildman–Crippen LogP) is 3.53. The van der Waals surface area contributed by atoms with E-state index in [2.05, 4.69) is 36.8 Å². The third-order valence-electron chi connectivity index (χ3n) is 4.79. The molecule has 32 heavy (non-hydrogen) atoms. The first-order chi connectivity index (χ1) is 15.5. The van der Waals surface area contributed by atoms with Crippen LogP contribution in [0.15, 0.2) is 48.7 Å². The van der Waals surface area contributed by atoms with Crippen LogP contribution in [0.3, 0.4) is 0 Å². The summed E-state index contributed by atoms with van der Waals surface area (Å²) < 4.78 is 1.48. The van der Waals surface area contributed by atoms with Crippen LogP contribution >= 0.6 is 0 Å². The number of anilines is 2. The first-order valence-electron chi connectivity index (χ1n) is 10.2. The second-order valence-electron chi connectivity index (χ2n) is 7.35. The van der Waals surface area contributed by atoms with Crippen LogP contribution in [0.4, 0.5) is 11.8 Å². The summed E-state index contributed by atoms with van der Waals surface area (Å²) in [6, 6.07) is 15.4. The molecule has 0 atom stereocenters. The van der Waals surface area contributed by atoms with Gasteiger partial charge in [-0.1, -0.05) is 18.2 Å². The van der Waals surface area contributed by atoms with Crippen LogP contribution in [-0.2, 0) is 4.79 Å². The molecule has 4 aromatic rings. The fourth-order valence-corrected chi connectivity index (χ4v) is 3.35. The van der Waals surface area contributed by atoms with E-state index in [1.54, 1.807) is 6.07 Å². The van der Waals surface area contributed by atoms with Gasteiger partial charge in [-0.2, -0.15) is 15.0 Å². The molecule has 160 valence electrons. The highest BCUT2D eigenvalue weighted by atomic mass is 16.1. The summed E-state index contributed by atoms with van der Waals surface area (Å²) in [5.41, 5.74) is 2.85. The fourth-order valence-electron chi connectivity index (χ4n) is 3.35. The Hall–Kier alpha value is -4.32. The maximum atomic E-state index is 12.6. The van der Waals surface area contributed by atoms with E-state index in [-0.39, 0.29) is 17.9 Å².